The lowest BCUT2D eigenvalue weighted by molar-refractivity contribution is -0.151. The third-order valence-electron chi connectivity index (χ3n) is 11.6. The molecular formula is C49H95N3O8. The lowest BCUT2D eigenvalue weighted by Gasteiger charge is -2.21. The zero-order valence-corrected chi connectivity index (χ0v) is 39.1. The van der Waals surface area contributed by atoms with Crippen LogP contribution in [0.5, 0.6) is 0 Å². The predicted octanol–water partition coefficient (Wildman–Crippen LogP) is 10.0. The van der Waals surface area contributed by atoms with Crippen molar-refractivity contribution in [3.8, 4) is 0 Å². The number of rotatable bonds is 45. The van der Waals surface area contributed by atoms with E-state index in [-0.39, 0.29) is 50.9 Å². The molecule has 0 aliphatic carbocycles. The van der Waals surface area contributed by atoms with Gasteiger partial charge in [-0.1, -0.05) is 181 Å². The van der Waals surface area contributed by atoms with Crippen LogP contribution in [-0.2, 0) is 23.9 Å². The van der Waals surface area contributed by atoms with Crippen LogP contribution in [0.3, 0.4) is 0 Å². The molecule has 11 heteroatoms. The van der Waals surface area contributed by atoms with Crippen molar-refractivity contribution in [3.63, 3.8) is 0 Å². The number of hydrogen-bond acceptors (Lipinski definition) is 8. The minimum absolute atomic E-state index is 0.0458. The van der Waals surface area contributed by atoms with Crippen LogP contribution in [0.4, 0.5) is 0 Å². The Morgan fingerprint density at radius 2 is 0.950 bits per heavy atom. The number of ether oxygens (including phenoxy) is 1. The normalized spacial score (nSPS) is 13.4. The molecule has 0 spiro atoms. The number of esters is 1. The standard InChI is InChI=1S/C49H95N3O8/c1-4-7-10-13-16-19-22-25-28-33-43(55)39-46(56)52-45(36-38-53)49(59)50-37-31-32-42(41-54)51-47(57)40-44(34-29-26-23-20-17-14-11-8-5-2)60-48(58)35-30-27-24-21-18-15-12-9-6-3/h42-45,53-55H,4-41H2,1-3H3,(H,50,59)(H,51,57)(H,52,56)/t42?,43-,44-,45?/m1/s1. The van der Waals surface area contributed by atoms with Crippen molar-refractivity contribution in [2.45, 2.75) is 270 Å². The summed E-state index contributed by atoms with van der Waals surface area (Å²) in [6, 6.07) is -1.46. The SMILES string of the molecule is CCCCCCCCCCCC(=O)O[C@H](CCCCCCCCCCC)CC(=O)NC(CO)CCCNC(=O)C(CCO)NC(=O)C[C@H](O)CCCCCCCCCCC. The van der Waals surface area contributed by atoms with E-state index in [0.717, 1.165) is 57.8 Å². The zero-order chi connectivity index (χ0) is 44.3. The fourth-order valence-corrected chi connectivity index (χ4v) is 7.75. The van der Waals surface area contributed by atoms with Crippen LogP contribution in [0, 0.1) is 0 Å². The fraction of sp³-hybridized carbons (Fsp3) is 0.918. The van der Waals surface area contributed by atoms with E-state index in [0.29, 0.717) is 32.1 Å². The smallest absolute Gasteiger partial charge is 0.306 e. The number of aliphatic hydroxyl groups is 3. The fourth-order valence-electron chi connectivity index (χ4n) is 7.75. The third-order valence-corrected chi connectivity index (χ3v) is 11.6. The van der Waals surface area contributed by atoms with Crippen molar-refractivity contribution in [2.75, 3.05) is 19.8 Å². The van der Waals surface area contributed by atoms with Gasteiger partial charge in [0.1, 0.15) is 12.1 Å². The van der Waals surface area contributed by atoms with Crippen molar-refractivity contribution >= 4 is 23.7 Å². The number of aliphatic hydroxyl groups excluding tert-OH is 3. The molecule has 0 fully saturated rings. The second kappa shape index (κ2) is 43.4. The van der Waals surface area contributed by atoms with E-state index in [1.165, 1.54) is 116 Å². The number of carbonyl (C=O) groups is 4. The predicted molar refractivity (Wildman–Crippen MR) is 246 cm³/mol. The Bertz CT molecular complexity index is 1020. The van der Waals surface area contributed by atoms with Gasteiger partial charge in [0.05, 0.1) is 31.6 Å². The summed E-state index contributed by atoms with van der Waals surface area (Å²) < 4.78 is 5.87. The molecule has 6 N–H and O–H groups in total. The van der Waals surface area contributed by atoms with E-state index in [1.54, 1.807) is 0 Å². The zero-order valence-electron chi connectivity index (χ0n) is 39.1. The summed E-state index contributed by atoms with van der Waals surface area (Å²) in [4.78, 5) is 51.5. The first-order chi connectivity index (χ1) is 29.2. The van der Waals surface area contributed by atoms with E-state index in [1.807, 2.05) is 0 Å². The summed E-state index contributed by atoms with van der Waals surface area (Å²) in [6.45, 7) is 6.36. The number of carbonyl (C=O) groups excluding carboxylic acids is 4. The van der Waals surface area contributed by atoms with Crippen molar-refractivity contribution < 1.29 is 39.2 Å². The number of nitrogens with one attached hydrogen (secondary N) is 3. The summed E-state index contributed by atoms with van der Waals surface area (Å²) in [7, 11) is 0. The maximum atomic E-state index is 13.1. The number of amides is 3. The molecule has 2 unspecified atom stereocenters. The van der Waals surface area contributed by atoms with Crippen LogP contribution in [0.25, 0.3) is 0 Å². The van der Waals surface area contributed by atoms with Gasteiger partial charge >= 0.3 is 5.97 Å². The van der Waals surface area contributed by atoms with Crippen LogP contribution in [0.2, 0.25) is 0 Å². The van der Waals surface area contributed by atoms with Crippen LogP contribution in [-0.4, -0.2) is 83.1 Å². The molecule has 0 aliphatic heterocycles. The Hall–Kier alpha value is -2.24. The quantitative estimate of drug-likeness (QED) is 0.0259. The van der Waals surface area contributed by atoms with E-state index < -0.39 is 36.1 Å². The van der Waals surface area contributed by atoms with Crippen LogP contribution in [0.1, 0.15) is 245 Å². The summed E-state index contributed by atoms with van der Waals surface area (Å²) in [5.74, 6) is -1.39. The Labute approximate surface area is 367 Å². The van der Waals surface area contributed by atoms with Gasteiger partial charge < -0.3 is 36.0 Å². The Morgan fingerprint density at radius 3 is 1.43 bits per heavy atom. The summed E-state index contributed by atoms with van der Waals surface area (Å²) in [6.07, 6.45) is 32.8. The lowest BCUT2D eigenvalue weighted by Crippen LogP contribution is -2.48. The highest BCUT2D eigenvalue weighted by Crippen LogP contribution is 2.17. The first-order valence-corrected chi connectivity index (χ1v) is 25.2. The van der Waals surface area contributed by atoms with E-state index >= 15 is 0 Å². The molecule has 0 saturated carbocycles. The number of hydrogen-bond donors (Lipinski definition) is 6. The Balaban J connectivity index is 4.73. The van der Waals surface area contributed by atoms with Crippen LogP contribution in [0.15, 0.2) is 0 Å². The molecule has 3 amide bonds. The van der Waals surface area contributed by atoms with Gasteiger partial charge in [-0.2, -0.15) is 0 Å². The van der Waals surface area contributed by atoms with Gasteiger partial charge in [0, 0.05) is 19.6 Å². The van der Waals surface area contributed by atoms with Crippen LogP contribution >= 0.6 is 0 Å². The molecule has 0 radical (unpaired) electrons. The highest BCUT2D eigenvalue weighted by molar-refractivity contribution is 5.87. The van der Waals surface area contributed by atoms with Gasteiger partial charge in [0.15, 0.2) is 0 Å². The molecule has 354 valence electrons. The molecule has 0 bridgehead atoms. The molecule has 0 saturated heterocycles. The molecule has 0 aromatic carbocycles. The van der Waals surface area contributed by atoms with Gasteiger partial charge in [-0.05, 0) is 44.9 Å². The van der Waals surface area contributed by atoms with Crippen molar-refractivity contribution in [3.05, 3.63) is 0 Å². The van der Waals surface area contributed by atoms with Crippen molar-refractivity contribution in [1.29, 1.82) is 0 Å². The van der Waals surface area contributed by atoms with Gasteiger partial charge in [-0.25, -0.2) is 0 Å². The third kappa shape index (κ3) is 37.5. The van der Waals surface area contributed by atoms with Gasteiger partial charge in [-0.15, -0.1) is 0 Å². The van der Waals surface area contributed by atoms with E-state index in [2.05, 4.69) is 36.7 Å². The molecule has 11 nitrogen and oxygen atoms in total. The minimum Gasteiger partial charge on any atom is -0.462 e. The molecular weight excluding hydrogens is 759 g/mol. The lowest BCUT2D eigenvalue weighted by atomic mass is 10.0. The molecule has 0 aliphatic rings. The van der Waals surface area contributed by atoms with Crippen LogP contribution < -0.4 is 16.0 Å². The number of unbranched alkanes of at least 4 members (excludes halogenated alkanes) is 24. The topological polar surface area (TPSA) is 174 Å². The average Bonchev–Trinajstić information content (AvgIpc) is 3.22. The molecule has 60 heavy (non-hydrogen) atoms. The second-order valence-electron chi connectivity index (χ2n) is 17.5. The first kappa shape index (κ1) is 57.8. The van der Waals surface area contributed by atoms with Crippen molar-refractivity contribution in [1.82, 2.24) is 16.0 Å². The minimum atomic E-state index is -0.929. The second-order valence-corrected chi connectivity index (χ2v) is 17.5. The highest BCUT2D eigenvalue weighted by atomic mass is 16.5. The van der Waals surface area contributed by atoms with E-state index in [4.69, 9.17) is 4.74 Å². The molecule has 4 atom stereocenters. The Kier molecular flexibility index (Phi) is 41.8. The van der Waals surface area contributed by atoms with Gasteiger partial charge in [0.2, 0.25) is 17.7 Å². The Morgan fingerprint density at radius 1 is 0.500 bits per heavy atom. The molecule has 0 aromatic heterocycles. The maximum absolute atomic E-state index is 13.1. The van der Waals surface area contributed by atoms with Gasteiger partial charge in [-0.3, -0.25) is 19.2 Å². The summed E-state index contributed by atoms with van der Waals surface area (Å²) in [5.41, 5.74) is 0. The van der Waals surface area contributed by atoms with Crippen molar-refractivity contribution in [2.24, 2.45) is 0 Å². The average molecular weight is 854 g/mol. The largest absolute Gasteiger partial charge is 0.462 e. The monoisotopic (exact) mass is 854 g/mol. The molecule has 0 aromatic rings. The molecule has 0 heterocycles. The van der Waals surface area contributed by atoms with E-state index in [9.17, 15) is 34.5 Å². The maximum Gasteiger partial charge on any atom is 0.306 e. The van der Waals surface area contributed by atoms with Gasteiger partial charge in [0.25, 0.3) is 0 Å². The summed E-state index contributed by atoms with van der Waals surface area (Å²) >= 11 is 0. The molecule has 0 rings (SSSR count). The first-order valence-electron chi connectivity index (χ1n) is 25.2. The summed E-state index contributed by atoms with van der Waals surface area (Å²) in [5, 5.41) is 38.3. The highest BCUT2D eigenvalue weighted by Gasteiger charge is 2.23.